The van der Waals surface area contributed by atoms with Gasteiger partial charge in [-0.15, -0.1) is 0 Å². The van der Waals surface area contributed by atoms with E-state index in [0.29, 0.717) is 16.8 Å². The average molecular weight is 328 g/mol. The molecule has 0 fully saturated rings. The normalized spacial score (nSPS) is 11.2. The molecule has 0 unspecified atom stereocenters. The fraction of sp³-hybridized carbons (Fsp3) is 0.0714. The highest BCUT2D eigenvalue weighted by molar-refractivity contribution is 8.13. The lowest BCUT2D eigenvalue weighted by Gasteiger charge is -2.07. The third-order valence-electron chi connectivity index (χ3n) is 2.81. The van der Waals surface area contributed by atoms with E-state index in [1.54, 1.807) is 6.92 Å². The van der Waals surface area contributed by atoms with Gasteiger partial charge in [-0.2, -0.15) is 0 Å². The highest BCUT2D eigenvalue weighted by Crippen LogP contribution is 2.18. The number of amides is 1. The van der Waals surface area contributed by atoms with Crippen molar-refractivity contribution in [2.75, 3.05) is 5.32 Å². The van der Waals surface area contributed by atoms with Crippen LogP contribution in [0.15, 0.2) is 47.4 Å². The van der Waals surface area contributed by atoms with Crippen LogP contribution in [0.1, 0.15) is 15.9 Å². The molecule has 0 heterocycles. The van der Waals surface area contributed by atoms with E-state index in [9.17, 15) is 17.6 Å². The number of rotatable bonds is 3. The summed E-state index contributed by atoms with van der Waals surface area (Å²) >= 11 is 0. The largest absolute Gasteiger partial charge is 0.322 e. The number of hydrogen-bond acceptors (Lipinski definition) is 3. The Labute approximate surface area is 126 Å². The molecule has 0 aliphatic heterocycles. The van der Waals surface area contributed by atoms with Gasteiger partial charge in [0.15, 0.2) is 0 Å². The van der Waals surface area contributed by atoms with E-state index in [-0.39, 0.29) is 10.7 Å². The molecular weight excluding hydrogens is 317 g/mol. The van der Waals surface area contributed by atoms with Crippen molar-refractivity contribution in [3.05, 3.63) is 59.4 Å². The standard InChI is InChI=1S/C14H11ClFNO3S/c1-9-8-10(2-7-13(9)16)14(18)17-11-3-5-12(6-4-11)21(15,19)20/h2-8H,1H3,(H,17,18). The van der Waals surface area contributed by atoms with Gasteiger partial charge in [-0.05, 0) is 55.0 Å². The summed E-state index contributed by atoms with van der Waals surface area (Å²) in [6, 6.07) is 9.43. The molecule has 0 aliphatic carbocycles. The molecule has 0 saturated heterocycles. The molecule has 0 bridgehead atoms. The maximum absolute atomic E-state index is 13.1. The third kappa shape index (κ3) is 3.80. The average Bonchev–Trinajstić information content (AvgIpc) is 2.41. The van der Waals surface area contributed by atoms with E-state index in [2.05, 4.69) is 5.32 Å². The molecular formula is C14H11ClFNO3S. The van der Waals surface area contributed by atoms with Gasteiger partial charge in [-0.3, -0.25) is 4.79 Å². The van der Waals surface area contributed by atoms with Crippen LogP contribution in [0.5, 0.6) is 0 Å². The van der Waals surface area contributed by atoms with Crippen molar-refractivity contribution in [2.24, 2.45) is 0 Å². The third-order valence-corrected chi connectivity index (χ3v) is 4.18. The molecule has 0 aromatic heterocycles. The van der Waals surface area contributed by atoms with Gasteiger partial charge in [0.05, 0.1) is 4.90 Å². The summed E-state index contributed by atoms with van der Waals surface area (Å²) in [5, 5.41) is 2.58. The zero-order valence-corrected chi connectivity index (χ0v) is 12.5. The Morgan fingerprint density at radius 1 is 1.14 bits per heavy atom. The van der Waals surface area contributed by atoms with Gasteiger partial charge in [-0.1, -0.05) is 0 Å². The van der Waals surface area contributed by atoms with Crippen LogP contribution in [0.4, 0.5) is 10.1 Å². The highest BCUT2D eigenvalue weighted by Gasteiger charge is 2.11. The van der Waals surface area contributed by atoms with E-state index >= 15 is 0 Å². The lowest BCUT2D eigenvalue weighted by molar-refractivity contribution is 0.102. The van der Waals surface area contributed by atoms with Crippen molar-refractivity contribution < 1.29 is 17.6 Å². The minimum absolute atomic E-state index is 0.0557. The summed E-state index contributed by atoms with van der Waals surface area (Å²) in [7, 11) is 1.40. The number of aryl methyl sites for hydroxylation is 1. The number of nitrogens with one attached hydrogen (secondary N) is 1. The number of halogens is 2. The number of anilines is 1. The first-order valence-corrected chi connectivity index (χ1v) is 8.20. The molecule has 0 radical (unpaired) electrons. The van der Waals surface area contributed by atoms with Gasteiger partial charge >= 0.3 is 0 Å². The van der Waals surface area contributed by atoms with Crippen molar-refractivity contribution in [3.8, 4) is 0 Å². The van der Waals surface area contributed by atoms with Crippen LogP contribution in [0.2, 0.25) is 0 Å². The van der Waals surface area contributed by atoms with Crippen LogP contribution in [-0.4, -0.2) is 14.3 Å². The first kappa shape index (κ1) is 15.5. The van der Waals surface area contributed by atoms with Crippen molar-refractivity contribution in [1.82, 2.24) is 0 Å². The molecule has 110 valence electrons. The van der Waals surface area contributed by atoms with Gasteiger partial charge in [0, 0.05) is 21.9 Å². The van der Waals surface area contributed by atoms with Crippen molar-refractivity contribution in [2.45, 2.75) is 11.8 Å². The Morgan fingerprint density at radius 2 is 1.76 bits per heavy atom. The van der Waals surface area contributed by atoms with Gasteiger partial charge < -0.3 is 5.32 Å². The zero-order valence-electron chi connectivity index (χ0n) is 10.9. The summed E-state index contributed by atoms with van der Waals surface area (Å²) in [6.45, 7) is 1.56. The van der Waals surface area contributed by atoms with Gasteiger partial charge in [0.1, 0.15) is 5.82 Å². The molecule has 0 aliphatic rings. The summed E-state index contributed by atoms with van der Waals surface area (Å²) in [4.78, 5) is 11.9. The van der Waals surface area contributed by atoms with Crippen molar-refractivity contribution in [1.29, 1.82) is 0 Å². The second-order valence-corrected chi connectivity index (χ2v) is 6.95. The van der Waals surface area contributed by atoms with Gasteiger partial charge in [0.25, 0.3) is 15.0 Å². The van der Waals surface area contributed by atoms with E-state index in [1.807, 2.05) is 0 Å². The predicted octanol–water partition coefficient (Wildman–Crippen LogP) is 3.31. The number of hydrogen-bond donors (Lipinski definition) is 1. The molecule has 7 heteroatoms. The molecule has 0 spiro atoms. The molecule has 2 aromatic rings. The van der Waals surface area contributed by atoms with Crippen LogP contribution in [0.25, 0.3) is 0 Å². The van der Waals surface area contributed by atoms with Crippen LogP contribution in [-0.2, 0) is 9.05 Å². The maximum atomic E-state index is 13.1. The topological polar surface area (TPSA) is 63.2 Å². The van der Waals surface area contributed by atoms with Crippen LogP contribution in [0.3, 0.4) is 0 Å². The van der Waals surface area contributed by atoms with Gasteiger partial charge in [0.2, 0.25) is 0 Å². The van der Waals surface area contributed by atoms with Crippen LogP contribution < -0.4 is 5.32 Å². The molecule has 4 nitrogen and oxygen atoms in total. The van der Waals surface area contributed by atoms with E-state index in [1.165, 1.54) is 42.5 Å². The first-order chi connectivity index (χ1) is 9.77. The molecule has 1 N–H and O–H groups in total. The SMILES string of the molecule is Cc1cc(C(=O)Nc2ccc(S(=O)(=O)Cl)cc2)ccc1F. The number of carbonyl (C=O) groups is 1. The number of carbonyl (C=O) groups excluding carboxylic acids is 1. The lowest BCUT2D eigenvalue weighted by Crippen LogP contribution is -2.12. The second kappa shape index (κ2) is 5.83. The minimum atomic E-state index is -3.79. The summed E-state index contributed by atoms with van der Waals surface area (Å²) < 4.78 is 35.3. The summed E-state index contributed by atoms with van der Waals surface area (Å²) in [5.74, 6) is -0.803. The predicted molar refractivity (Wildman–Crippen MR) is 78.6 cm³/mol. The fourth-order valence-electron chi connectivity index (χ4n) is 1.69. The fourth-order valence-corrected chi connectivity index (χ4v) is 2.46. The van der Waals surface area contributed by atoms with E-state index in [0.717, 1.165) is 0 Å². The molecule has 2 rings (SSSR count). The Hall–Kier alpha value is -1.92. The van der Waals surface area contributed by atoms with Crippen molar-refractivity contribution >= 4 is 31.3 Å². The van der Waals surface area contributed by atoms with Gasteiger partial charge in [-0.25, -0.2) is 12.8 Å². The van der Waals surface area contributed by atoms with Crippen LogP contribution in [0, 0.1) is 12.7 Å². The zero-order chi connectivity index (χ0) is 15.6. The van der Waals surface area contributed by atoms with E-state index < -0.39 is 15.0 Å². The quantitative estimate of drug-likeness (QED) is 0.880. The molecule has 0 atom stereocenters. The minimum Gasteiger partial charge on any atom is -0.322 e. The number of benzene rings is 2. The Morgan fingerprint density at radius 3 is 2.29 bits per heavy atom. The monoisotopic (exact) mass is 327 g/mol. The van der Waals surface area contributed by atoms with Crippen LogP contribution >= 0.6 is 10.7 Å². The summed E-state index contributed by atoms with van der Waals surface area (Å²) in [5.41, 5.74) is 1.08. The summed E-state index contributed by atoms with van der Waals surface area (Å²) in [6.07, 6.45) is 0. The first-order valence-electron chi connectivity index (χ1n) is 5.89. The second-order valence-electron chi connectivity index (χ2n) is 4.38. The molecule has 21 heavy (non-hydrogen) atoms. The lowest BCUT2D eigenvalue weighted by atomic mass is 10.1. The smallest absolute Gasteiger partial charge is 0.261 e. The molecule has 1 amide bonds. The Kier molecular flexibility index (Phi) is 4.29. The van der Waals surface area contributed by atoms with E-state index in [4.69, 9.17) is 10.7 Å². The maximum Gasteiger partial charge on any atom is 0.261 e. The Balaban J connectivity index is 2.18. The Bertz CT molecular complexity index is 788. The molecule has 2 aromatic carbocycles. The highest BCUT2D eigenvalue weighted by atomic mass is 35.7. The molecule has 0 saturated carbocycles. The van der Waals surface area contributed by atoms with Crippen molar-refractivity contribution in [3.63, 3.8) is 0 Å².